The molecule has 1 unspecified atom stereocenters. The summed E-state index contributed by atoms with van der Waals surface area (Å²) in [5.74, 6) is 0. The lowest BCUT2D eigenvalue weighted by Gasteiger charge is -2.19. The average Bonchev–Trinajstić information content (AvgIpc) is 2.99. The largest absolute Gasteiger partial charge is 0.377 e. The van der Waals surface area contributed by atoms with Crippen molar-refractivity contribution in [2.75, 3.05) is 20.2 Å². The van der Waals surface area contributed by atoms with Gasteiger partial charge in [0.25, 0.3) is 10.0 Å². The van der Waals surface area contributed by atoms with E-state index in [9.17, 15) is 8.42 Å². The summed E-state index contributed by atoms with van der Waals surface area (Å²) in [5, 5.41) is 0. The van der Waals surface area contributed by atoms with Crippen molar-refractivity contribution in [3.05, 3.63) is 17.0 Å². The zero-order valence-electron chi connectivity index (χ0n) is 10.3. The summed E-state index contributed by atoms with van der Waals surface area (Å²) in [6.45, 7) is 1.52. The Kier molecular flexibility index (Phi) is 4.39. The molecule has 18 heavy (non-hydrogen) atoms. The SMILES string of the molecule is CN(CC1CCCO1)S(=O)(=O)c1ccc(CN)s1. The van der Waals surface area contributed by atoms with Crippen LogP contribution in [-0.4, -0.2) is 39.0 Å². The standard InChI is InChI=1S/C11H18N2O3S2/c1-13(8-9-3-2-6-16-9)18(14,15)11-5-4-10(7-12)17-11/h4-5,9H,2-3,6-8,12H2,1H3. The molecule has 2 N–H and O–H groups in total. The molecule has 2 heterocycles. The van der Waals surface area contributed by atoms with Gasteiger partial charge in [-0.2, -0.15) is 4.31 Å². The predicted molar refractivity (Wildman–Crippen MR) is 71.0 cm³/mol. The van der Waals surface area contributed by atoms with Crippen LogP contribution in [0.15, 0.2) is 16.3 Å². The second-order valence-corrected chi connectivity index (χ2v) is 7.79. The summed E-state index contributed by atoms with van der Waals surface area (Å²) in [5.41, 5.74) is 5.50. The molecule has 1 saturated heterocycles. The number of sulfonamides is 1. The minimum absolute atomic E-state index is 0.0266. The molecule has 0 amide bonds. The van der Waals surface area contributed by atoms with Crippen LogP contribution in [0.5, 0.6) is 0 Å². The molecule has 0 aromatic carbocycles. The number of hydrogen-bond donors (Lipinski definition) is 1. The van der Waals surface area contributed by atoms with E-state index in [0.717, 1.165) is 24.3 Å². The highest BCUT2D eigenvalue weighted by Gasteiger charge is 2.27. The number of hydrogen-bond acceptors (Lipinski definition) is 5. The lowest BCUT2D eigenvalue weighted by molar-refractivity contribution is 0.0979. The highest BCUT2D eigenvalue weighted by atomic mass is 32.2. The van der Waals surface area contributed by atoms with Crippen molar-refractivity contribution in [2.24, 2.45) is 5.73 Å². The van der Waals surface area contributed by atoms with Gasteiger partial charge in [0.05, 0.1) is 6.10 Å². The Balaban J connectivity index is 2.09. The van der Waals surface area contributed by atoms with Gasteiger partial charge in [-0.1, -0.05) is 0 Å². The first-order chi connectivity index (χ1) is 8.54. The molecular formula is C11H18N2O3S2. The zero-order chi connectivity index (χ0) is 13.2. The van der Waals surface area contributed by atoms with Gasteiger partial charge >= 0.3 is 0 Å². The van der Waals surface area contributed by atoms with Gasteiger partial charge in [0.1, 0.15) is 4.21 Å². The molecule has 1 aromatic heterocycles. The Bertz CT molecular complexity index is 492. The van der Waals surface area contributed by atoms with Gasteiger partial charge in [-0.15, -0.1) is 11.3 Å². The fraction of sp³-hybridized carbons (Fsp3) is 0.636. The first kappa shape index (κ1) is 14.0. The third-order valence-corrected chi connectivity index (χ3v) is 6.39. The van der Waals surface area contributed by atoms with Crippen LogP contribution in [0.4, 0.5) is 0 Å². The molecule has 102 valence electrons. The summed E-state index contributed by atoms with van der Waals surface area (Å²) < 4.78 is 31.8. The molecule has 1 atom stereocenters. The Labute approximate surface area is 112 Å². The molecule has 5 nitrogen and oxygen atoms in total. The number of likely N-dealkylation sites (N-methyl/N-ethyl adjacent to an activating group) is 1. The Hall–Kier alpha value is -0.470. The number of thiophene rings is 1. The van der Waals surface area contributed by atoms with Crippen LogP contribution < -0.4 is 5.73 Å². The van der Waals surface area contributed by atoms with E-state index in [2.05, 4.69) is 0 Å². The molecule has 0 spiro atoms. The van der Waals surface area contributed by atoms with Crippen LogP contribution >= 0.6 is 11.3 Å². The molecule has 1 aromatic rings. The van der Waals surface area contributed by atoms with Gasteiger partial charge in [0, 0.05) is 31.6 Å². The van der Waals surface area contributed by atoms with Crippen LogP contribution in [0.3, 0.4) is 0 Å². The van der Waals surface area contributed by atoms with E-state index < -0.39 is 10.0 Å². The second kappa shape index (κ2) is 5.66. The van der Waals surface area contributed by atoms with Crippen LogP contribution in [0.2, 0.25) is 0 Å². The summed E-state index contributed by atoms with van der Waals surface area (Å²) >= 11 is 1.23. The Morgan fingerprint density at radius 2 is 2.33 bits per heavy atom. The fourth-order valence-corrected chi connectivity index (χ4v) is 4.58. The summed E-state index contributed by atoms with van der Waals surface area (Å²) in [4.78, 5) is 0.874. The first-order valence-corrected chi connectivity index (χ1v) is 8.16. The van der Waals surface area contributed by atoms with Crippen molar-refractivity contribution in [3.8, 4) is 0 Å². The van der Waals surface area contributed by atoms with Gasteiger partial charge in [-0.05, 0) is 25.0 Å². The van der Waals surface area contributed by atoms with Crippen LogP contribution in [0.25, 0.3) is 0 Å². The summed E-state index contributed by atoms with van der Waals surface area (Å²) in [6, 6.07) is 3.38. The van der Waals surface area contributed by atoms with Gasteiger partial charge in [0.2, 0.25) is 0 Å². The molecule has 0 bridgehead atoms. The molecule has 7 heteroatoms. The number of ether oxygens (including phenoxy) is 1. The normalized spacial score (nSPS) is 20.7. The van der Waals surface area contributed by atoms with Crippen LogP contribution in [0, 0.1) is 0 Å². The zero-order valence-corrected chi connectivity index (χ0v) is 12.0. The quantitative estimate of drug-likeness (QED) is 0.878. The molecule has 0 saturated carbocycles. The molecule has 1 fully saturated rings. The van der Waals surface area contributed by atoms with Crippen molar-refractivity contribution in [1.29, 1.82) is 0 Å². The maximum atomic E-state index is 12.3. The van der Waals surface area contributed by atoms with E-state index in [-0.39, 0.29) is 6.10 Å². The van der Waals surface area contributed by atoms with E-state index in [1.807, 2.05) is 0 Å². The first-order valence-electron chi connectivity index (χ1n) is 5.91. The van der Waals surface area contributed by atoms with E-state index >= 15 is 0 Å². The van der Waals surface area contributed by atoms with Crippen molar-refractivity contribution in [3.63, 3.8) is 0 Å². The van der Waals surface area contributed by atoms with Crippen molar-refractivity contribution >= 4 is 21.4 Å². The minimum Gasteiger partial charge on any atom is -0.377 e. The maximum Gasteiger partial charge on any atom is 0.252 e. The number of nitrogens with two attached hydrogens (primary N) is 1. The number of nitrogens with zero attached hydrogens (tertiary/aromatic N) is 1. The Morgan fingerprint density at radius 3 is 2.89 bits per heavy atom. The maximum absolute atomic E-state index is 12.3. The molecule has 2 rings (SSSR count). The third-order valence-electron chi connectivity index (χ3n) is 2.99. The molecule has 1 aliphatic heterocycles. The monoisotopic (exact) mass is 290 g/mol. The molecule has 1 aliphatic rings. The number of rotatable bonds is 5. The van der Waals surface area contributed by atoms with Gasteiger partial charge in [0.15, 0.2) is 0 Å². The Morgan fingerprint density at radius 1 is 1.56 bits per heavy atom. The smallest absolute Gasteiger partial charge is 0.252 e. The van der Waals surface area contributed by atoms with E-state index in [0.29, 0.717) is 17.3 Å². The van der Waals surface area contributed by atoms with Crippen molar-refractivity contribution in [1.82, 2.24) is 4.31 Å². The third kappa shape index (κ3) is 2.92. The summed E-state index contributed by atoms with van der Waals surface area (Å²) in [6.07, 6.45) is 1.96. The van der Waals surface area contributed by atoms with Crippen molar-refractivity contribution < 1.29 is 13.2 Å². The van der Waals surface area contributed by atoms with Gasteiger partial charge < -0.3 is 10.5 Å². The lowest BCUT2D eigenvalue weighted by Crippen LogP contribution is -2.33. The highest BCUT2D eigenvalue weighted by Crippen LogP contribution is 2.25. The highest BCUT2D eigenvalue weighted by molar-refractivity contribution is 7.91. The molecule has 0 radical (unpaired) electrons. The van der Waals surface area contributed by atoms with E-state index in [1.54, 1.807) is 19.2 Å². The average molecular weight is 290 g/mol. The molecular weight excluding hydrogens is 272 g/mol. The predicted octanol–water partition coefficient (Wildman–Crippen LogP) is 1.01. The topological polar surface area (TPSA) is 72.6 Å². The fourth-order valence-electron chi connectivity index (χ4n) is 1.93. The van der Waals surface area contributed by atoms with Crippen LogP contribution in [0.1, 0.15) is 17.7 Å². The van der Waals surface area contributed by atoms with E-state index in [4.69, 9.17) is 10.5 Å². The minimum atomic E-state index is -3.40. The van der Waals surface area contributed by atoms with Gasteiger partial charge in [-0.3, -0.25) is 0 Å². The van der Waals surface area contributed by atoms with E-state index in [1.165, 1.54) is 15.6 Å². The summed E-state index contributed by atoms with van der Waals surface area (Å²) in [7, 11) is -1.80. The second-order valence-electron chi connectivity index (χ2n) is 4.35. The van der Waals surface area contributed by atoms with Gasteiger partial charge in [-0.25, -0.2) is 8.42 Å². The lowest BCUT2D eigenvalue weighted by atomic mass is 10.2. The molecule has 0 aliphatic carbocycles. The van der Waals surface area contributed by atoms with Crippen LogP contribution in [-0.2, 0) is 21.3 Å². The van der Waals surface area contributed by atoms with Crippen molar-refractivity contribution in [2.45, 2.75) is 29.7 Å².